The summed E-state index contributed by atoms with van der Waals surface area (Å²) in [6, 6.07) is 3.44. The Balaban J connectivity index is 1.81. The van der Waals surface area contributed by atoms with Crippen molar-refractivity contribution in [3.8, 4) is 5.75 Å². The first-order chi connectivity index (χ1) is 11.8. The monoisotopic (exact) mass is 487 g/mol. The number of aromatic hydroxyl groups is 1. The number of thioether (sulfide) groups is 1. The van der Waals surface area contributed by atoms with Gasteiger partial charge in [-0.2, -0.15) is 0 Å². The number of rotatable bonds is 3. The molecule has 4 nitrogen and oxygen atoms in total. The van der Waals surface area contributed by atoms with Crippen molar-refractivity contribution >= 4 is 60.8 Å². The van der Waals surface area contributed by atoms with E-state index in [4.69, 9.17) is 0 Å². The third-order valence-electron chi connectivity index (χ3n) is 4.81. The summed E-state index contributed by atoms with van der Waals surface area (Å²) in [5, 5.41) is 9.60. The fourth-order valence-electron chi connectivity index (χ4n) is 3.40. The van der Waals surface area contributed by atoms with Crippen LogP contribution in [0, 0.1) is 5.41 Å². The zero-order chi connectivity index (χ0) is 18.2. The Bertz CT molecular complexity index is 734. The SMILES string of the molecule is CC1(CN2C(=O)S/C(=C\c3cc(Br)c(O)c(Br)c3)C2=O)CCCCC1. The zero-order valence-electron chi connectivity index (χ0n) is 13.8. The van der Waals surface area contributed by atoms with Crippen molar-refractivity contribution in [1.29, 1.82) is 0 Å². The summed E-state index contributed by atoms with van der Waals surface area (Å²) in [6.45, 7) is 2.67. The number of nitrogens with zero attached hydrogens (tertiary/aromatic N) is 1. The number of benzene rings is 1. The van der Waals surface area contributed by atoms with Gasteiger partial charge in [0.2, 0.25) is 0 Å². The van der Waals surface area contributed by atoms with E-state index in [9.17, 15) is 14.7 Å². The minimum Gasteiger partial charge on any atom is -0.506 e. The lowest BCUT2D eigenvalue weighted by molar-refractivity contribution is -0.124. The molecule has 2 aliphatic rings. The minimum absolute atomic E-state index is 0.0319. The topological polar surface area (TPSA) is 57.6 Å². The van der Waals surface area contributed by atoms with E-state index in [-0.39, 0.29) is 22.3 Å². The van der Waals surface area contributed by atoms with Crippen LogP contribution < -0.4 is 0 Å². The van der Waals surface area contributed by atoms with Gasteiger partial charge in [0.05, 0.1) is 13.9 Å². The molecule has 1 saturated carbocycles. The summed E-state index contributed by atoms with van der Waals surface area (Å²) >= 11 is 7.54. The van der Waals surface area contributed by atoms with E-state index in [2.05, 4.69) is 38.8 Å². The van der Waals surface area contributed by atoms with E-state index in [1.807, 2.05) is 0 Å². The molecule has 1 aliphatic carbocycles. The molecule has 1 heterocycles. The number of hydrogen-bond donors (Lipinski definition) is 1. The molecule has 0 bridgehead atoms. The summed E-state index contributed by atoms with van der Waals surface area (Å²) in [4.78, 5) is 26.9. The van der Waals surface area contributed by atoms with Gasteiger partial charge in [-0.15, -0.1) is 0 Å². The molecule has 0 spiro atoms. The highest BCUT2D eigenvalue weighted by molar-refractivity contribution is 9.11. The standard InChI is InChI=1S/C18H19Br2NO3S/c1-18(5-3-2-4-6-18)10-21-16(23)14(25-17(21)24)9-11-7-12(19)15(22)13(20)8-11/h7-9,22H,2-6,10H2,1H3/b14-9-. The Labute approximate surface area is 168 Å². The van der Waals surface area contributed by atoms with Crippen LogP contribution >= 0.6 is 43.6 Å². The number of amides is 2. The van der Waals surface area contributed by atoms with Gasteiger partial charge in [-0.25, -0.2) is 0 Å². The van der Waals surface area contributed by atoms with Crippen LogP contribution in [-0.4, -0.2) is 27.7 Å². The fraction of sp³-hybridized carbons (Fsp3) is 0.444. The molecule has 7 heteroatoms. The van der Waals surface area contributed by atoms with E-state index in [1.165, 1.54) is 11.3 Å². The van der Waals surface area contributed by atoms with Gasteiger partial charge in [0.1, 0.15) is 5.75 Å². The van der Waals surface area contributed by atoms with E-state index >= 15 is 0 Å². The molecule has 1 N–H and O–H groups in total. The number of carbonyl (C=O) groups is 2. The predicted molar refractivity (Wildman–Crippen MR) is 107 cm³/mol. The third kappa shape index (κ3) is 4.14. The van der Waals surface area contributed by atoms with E-state index in [0.717, 1.165) is 43.0 Å². The van der Waals surface area contributed by atoms with Gasteiger partial charge >= 0.3 is 0 Å². The molecular formula is C18H19Br2NO3S. The van der Waals surface area contributed by atoms with Crippen LogP contribution in [0.25, 0.3) is 6.08 Å². The Morgan fingerprint density at radius 2 is 1.80 bits per heavy atom. The molecule has 2 fully saturated rings. The lowest BCUT2D eigenvalue weighted by Crippen LogP contribution is -2.39. The van der Waals surface area contributed by atoms with Gasteiger partial charge in [-0.3, -0.25) is 14.5 Å². The molecular weight excluding hydrogens is 470 g/mol. The van der Waals surface area contributed by atoms with Crippen molar-refractivity contribution in [1.82, 2.24) is 4.90 Å². The molecule has 2 amide bonds. The van der Waals surface area contributed by atoms with Crippen LogP contribution in [0.2, 0.25) is 0 Å². The smallest absolute Gasteiger partial charge is 0.293 e. The summed E-state index contributed by atoms with van der Waals surface area (Å²) in [7, 11) is 0. The minimum atomic E-state index is -0.220. The fourth-order valence-corrected chi connectivity index (χ4v) is 5.46. The maximum absolute atomic E-state index is 12.7. The Kier molecular flexibility index (Phi) is 5.66. The number of halogens is 2. The zero-order valence-corrected chi connectivity index (χ0v) is 17.8. The molecule has 134 valence electrons. The second-order valence-corrected chi connectivity index (χ2v) is 9.67. The molecule has 3 rings (SSSR count). The summed E-state index contributed by atoms with van der Waals surface area (Å²) < 4.78 is 1.06. The van der Waals surface area contributed by atoms with Crippen LogP contribution in [-0.2, 0) is 4.79 Å². The van der Waals surface area contributed by atoms with Crippen LogP contribution in [0.3, 0.4) is 0 Å². The lowest BCUT2D eigenvalue weighted by atomic mass is 9.75. The molecule has 0 aromatic heterocycles. The second kappa shape index (κ2) is 7.45. The molecule has 1 aromatic rings. The average Bonchev–Trinajstić information content (AvgIpc) is 2.80. The molecule has 1 aromatic carbocycles. The number of carbonyl (C=O) groups excluding carboxylic acids is 2. The second-order valence-electron chi connectivity index (χ2n) is 6.97. The number of imide groups is 1. The van der Waals surface area contributed by atoms with Gasteiger partial charge in [0.15, 0.2) is 0 Å². The normalized spacial score (nSPS) is 22.0. The first-order valence-electron chi connectivity index (χ1n) is 8.22. The maximum Gasteiger partial charge on any atom is 0.293 e. The Morgan fingerprint density at radius 3 is 2.40 bits per heavy atom. The van der Waals surface area contributed by atoms with Gasteiger partial charge < -0.3 is 5.11 Å². The molecule has 0 atom stereocenters. The largest absolute Gasteiger partial charge is 0.506 e. The van der Waals surface area contributed by atoms with Gasteiger partial charge in [-0.05, 0) is 85.7 Å². The van der Waals surface area contributed by atoms with Gasteiger partial charge in [0.25, 0.3) is 11.1 Å². The van der Waals surface area contributed by atoms with E-state index in [0.29, 0.717) is 20.4 Å². The van der Waals surface area contributed by atoms with Gasteiger partial charge in [0, 0.05) is 6.54 Å². The number of phenolic OH excluding ortho intramolecular Hbond substituents is 1. The maximum atomic E-state index is 12.7. The molecule has 1 aliphatic heterocycles. The molecule has 0 unspecified atom stereocenters. The lowest BCUT2D eigenvalue weighted by Gasteiger charge is -2.35. The van der Waals surface area contributed by atoms with Crippen molar-refractivity contribution in [3.05, 3.63) is 31.5 Å². The van der Waals surface area contributed by atoms with Gasteiger partial charge in [-0.1, -0.05) is 26.2 Å². The third-order valence-corrected chi connectivity index (χ3v) is 6.93. The summed E-state index contributed by atoms with van der Waals surface area (Å²) in [5.74, 6) is -0.113. The highest BCUT2D eigenvalue weighted by Crippen LogP contribution is 2.41. The quantitative estimate of drug-likeness (QED) is 0.536. The van der Waals surface area contributed by atoms with Crippen LogP contribution in [0.1, 0.15) is 44.6 Å². The Morgan fingerprint density at radius 1 is 1.20 bits per heavy atom. The Hall–Kier alpha value is -0.790. The van der Waals surface area contributed by atoms with Crippen LogP contribution in [0.5, 0.6) is 5.75 Å². The van der Waals surface area contributed by atoms with Crippen molar-refractivity contribution in [3.63, 3.8) is 0 Å². The first-order valence-corrected chi connectivity index (χ1v) is 10.6. The van der Waals surface area contributed by atoms with Crippen LogP contribution in [0.4, 0.5) is 4.79 Å². The van der Waals surface area contributed by atoms with Crippen molar-refractivity contribution in [2.45, 2.75) is 39.0 Å². The van der Waals surface area contributed by atoms with Crippen molar-refractivity contribution in [2.75, 3.05) is 6.54 Å². The van der Waals surface area contributed by atoms with Crippen molar-refractivity contribution < 1.29 is 14.7 Å². The number of hydrogen-bond acceptors (Lipinski definition) is 4. The molecule has 25 heavy (non-hydrogen) atoms. The number of phenols is 1. The van der Waals surface area contributed by atoms with Crippen molar-refractivity contribution in [2.24, 2.45) is 5.41 Å². The molecule has 0 radical (unpaired) electrons. The first kappa shape index (κ1) is 19.0. The van der Waals surface area contributed by atoms with E-state index < -0.39 is 0 Å². The predicted octanol–water partition coefficient (Wildman–Crippen LogP) is 5.92. The summed E-state index contributed by atoms with van der Waals surface area (Å²) in [5.41, 5.74) is 0.774. The highest BCUT2D eigenvalue weighted by atomic mass is 79.9. The van der Waals surface area contributed by atoms with E-state index in [1.54, 1.807) is 18.2 Å². The molecule has 1 saturated heterocycles. The summed E-state index contributed by atoms with van der Waals surface area (Å²) in [6.07, 6.45) is 7.39. The van der Waals surface area contributed by atoms with Crippen LogP contribution in [0.15, 0.2) is 26.0 Å². The highest BCUT2D eigenvalue weighted by Gasteiger charge is 2.40. The average molecular weight is 489 g/mol.